The molecule has 0 heterocycles. The first-order chi connectivity index (χ1) is 8.80. The van der Waals surface area contributed by atoms with Gasteiger partial charge in [0.2, 0.25) is 0 Å². The van der Waals surface area contributed by atoms with Gasteiger partial charge in [-0.3, -0.25) is 13.6 Å². The Morgan fingerprint density at radius 3 is 1.35 bits per heavy atom. The van der Waals surface area contributed by atoms with Crippen molar-refractivity contribution in [3.63, 3.8) is 0 Å². The van der Waals surface area contributed by atoms with Gasteiger partial charge in [-0.15, -0.1) is 0 Å². The second-order valence-electron chi connectivity index (χ2n) is 2.65. The molecule has 122 valence electrons. The first kappa shape index (κ1) is 20.6. The molecule has 20 heavy (non-hydrogen) atoms. The van der Waals surface area contributed by atoms with E-state index < -0.39 is 31.3 Å². The third kappa shape index (κ3) is 7.53. The van der Waals surface area contributed by atoms with E-state index in [-0.39, 0.29) is 0 Å². The van der Waals surface area contributed by atoms with E-state index in [0.29, 0.717) is 7.11 Å². The molecule has 0 rings (SSSR count). The normalized spacial score (nSPS) is 19.3. The predicted molar refractivity (Wildman–Crippen MR) is 61.4 cm³/mol. The lowest BCUT2D eigenvalue weighted by Gasteiger charge is -2.21. The lowest BCUT2D eigenvalue weighted by Crippen LogP contribution is -2.00. The lowest BCUT2D eigenvalue weighted by molar-refractivity contribution is 0.160. The summed E-state index contributed by atoms with van der Waals surface area (Å²) in [6, 6.07) is 0. The molecule has 0 aromatic carbocycles. The van der Waals surface area contributed by atoms with Crippen molar-refractivity contribution in [3.05, 3.63) is 0 Å². The molecule has 2 atom stereocenters. The summed E-state index contributed by atoms with van der Waals surface area (Å²) in [6.45, 7) is 0. The first-order valence-electron chi connectivity index (χ1n) is 4.20. The maximum absolute atomic E-state index is 11.8. The Balaban J connectivity index is 5.19. The van der Waals surface area contributed by atoms with Crippen LogP contribution in [-0.2, 0) is 44.8 Å². The lowest BCUT2D eigenvalue weighted by atomic mass is 11.8. The molecule has 0 aliphatic heterocycles. The molecule has 0 bridgehead atoms. The van der Waals surface area contributed by atoms with E-state index in [1.165, 1.54) is 0 Å². The van der Waals surface area contributed by atoms with Crippen LogP contribution in [0.4, 0.5) is 0 Å². The smallest absolute Gasteiger partial charge is 0.302 e. The molecular weight excluding hydrogens is 368 g/mol. The van der Waals surface area contributed by atoms with Crippen molar-refractivity contribution in [1.82, 2.24) is 0 Å². The number of phosphoric ester groups is 1. The topological polar surface area (TPSA) is 184 Å². The monoisotopic (exact) mass is 380 g/mol. The van der Waals surface area contributed by atoms with Gasteiger partial charge in [0.25, 0.3) is 0 Å². The molecule has 0 aliphatic rings. The van der Waals surface area contributed by atoms with Crippen LogP contribution in [0.25, 0.3) is 0 Å². The molecule has 2 unspecified atom stereocenters. The van der Waals surface area contributed by atoms with Crippen LogP contribution in [0.5, 0.6) is 0 Å². The van der Waals surface area contributed by atoms with Gasteiger partial charge in [-0.2, -0.15) is 12.9 Å². The highest BCUT2D eigenvalue weighted by Crippen LogP contribution is 2.73. The number of rotatable bonds is 9. The van der Waals surface area contributed by atoms with Crippen molar-refractivity contribution in [3.8, 4) is 0 Å². The Labute approximate surface area is 113 Å². The Hall–Kier alpha value is 0.560. The van der Waals surface area contributed by atoms with Gasteiger partial charge in [-0.1, -0.05) is 0 Å². The van der Waals surface area contributed by atoms with Gasteiger partial charge in [0.1, 0.15) is 0 Å². The Bertz CT molecular complexity index is 496. The van der Waals surface area contributed by atoms with Gasteiger partial charge in [-0.25, -0.2) is 18.3 Å². The van der Waals surface area contributed by atoms with Crippen LogP contribution < -0.4 is 0 Å². The average molecular weight is 380 g/mol. The van der Waals surface area contributed by atoms with E-state index in [4.69, 9.17) is 14.7 Å². The quantitative estimate of drug-likeness (QED) is 0.488. The van der Waals surface area contributed by atoms with E-state index in [2.05, 4.69) is 26.5 Å². The largest absolute Gasteiger partial charge is 0.492 e. The third-order valence-corrected chi connectivity index (χ3v) is 7.53. The predicted octanol–water partition coefficient (Wildman–Crippen LogP) is 1.38. The summed E-state index contributed by atoms with van der Waals surface area (Å²) in [6.07, 6.45) is 0. The molecular formula is C3H12O13P4. The summed E-state index contributed by atoms with van der Waals surface area (Å²) in [5.41, 5.74) is 0. The second kappa shape index (κ2) is 7.21. The van der Waals surface area contributed by atoms with Crippen LogP contribution >= 0.6 is 31.3 Å². The molecule has 3 N–H and O–H groups in total. The van der Waals surface area contributed by atoms with Gasteiger partial charge in [-0.05, 0) is 0 Å². The number of hydrogen-bond donors (Lipinski definition) is 3. The van der Waals surface area contributed by atoms with Gasteiger partial charge >= 0.3 is 31.3 Å². The minimum Gasteiger partial charge on any atom is -0.302 e. The highest BCUT2D eigenvalue weighted by Gasteiger charge is 2.46. The number of hydrogen-bond acceptors (Lipinski definition) is 10. The van der Waals surface area contributed by atoms with E-state index in [9.17, 15) is 18.3 Å². The second-order valence-corrected chi connectivity index (χ2v) is 9.41. The van der Waals surface area contributed by atoms with Crippen LogP contribution in [0.1, 0.15) is 0 Å². The van der Waals surface area contributed by atoms with E-state index in [1.54, 1.807) is 0 Å². The minimum atomic E-state index is -5.57. The molecule has 0 aromatic rings. The number of phosphoric acid groups is 4. The van der Waals surface area contributed by atoms with Crippen LogP contribution in [-0.4, -0.2) is 36.0 Å². The maximum atomic E-state index is 11.8. The van der Waals surface area contributed by atoms with Gasteiger partial charge in [0, 0.05) is 21.3 Å². The van der Waals surface area contributed by atoms with Crippen LogP contribution in [0, 0.1) is 0 Å². The molecule has 0 aromatic heterocycles. The van der Waals surface area contributed by atoms with Crippen molar-refractivity contribution < 1.29 is 59.4 Å². The van der Waals surface area contributed by atoms with Gasteiger partial charge < -0.3 is 14.7 Å². The van der Waals surface area contributed by atoms with Crippen molar-refractivity contribution in [2.24, 2.45) is 0 Å². The highest BCUT2D eigenvalue weighted by atomic mass is 31.3. The molecule has 13 nitrogen and oxygen atoms in total. The zero-order valence-electron chi connectivity index (χ0n) is 10.2. The maximum Gasteiger partial charge on any atom is 0.492 e. The molecule has 0 amide bonds. The molecule has 0 saturated heterocycles. The molecule has 0 fully saturated rings. The van der Waals surface area contributed by atoms with Crippen molar-refractivity contribution in [2.45, 2.75) is 0 Å². The minimum absolute atomic E-state index is 0.661. The molecule has 17 heteroatoms. The summed E-state index contributed by atoms with van der Waals surface area (Å²) in [5, 5.41) is 0. The zero-order chi connectivity index (χ0) is 16.2. The van der Waals surface area contributed by atoms with Crippen LogP contribution in [0.3, 0.4) is 0 Å². The summed E-state index contributed by atoms with van der Waals surface area (Å²) >= 11 is 0. The van der Waals surface area contributed by atoms with Crippen molar-refractivity contribution >= 4 is 31.3 Å². The first-order valence-corrected chi connectivity index (χ1v) is 10.1. The molecule has 0 spiro atoms. The van der Waals surface area contributed by atoms with Crippen molar-refractivity contribution in [2.75, 3.05) is 21.3 Å². The Morgan fingerprint density at radius 2 is 1.05 bits per heavy atom. The van der Waals surface area contributed by atoms with Crippen LogP contribution in [0.2, 0.25) is 0 Å². The van der Waals surface area contributed by atoms with Gasteiger partial charge in [0.15, 0.2) is 0 Å². The molecule has 0 aliphatic carbocycles. The average Bonchev–Trinajstić information content (AvgIpc) is 2.24. The summed E-state index contributed by atoms with van der Waals surface area (Å²) in [5.74, 6) is 0. The SMILES string of the molecule is COP(=O)(OC)OP(=O)(OC)OP(=O)(O)OP(=O)(O)O. The summed E-state index contributed by atoms with van der Waals surface area (Å²) < 4.78 is 68.8. The Kier molecular flexibility index (Phi) is 7.42. The summed E-state index contributed by atoms with van der Waals surface area (Å²) in [4.78, 5) is 25.7. The summed E-state index contributed by atoms with van der Waals surface area (Å²) in [7, 11) is -18.2. The Morgan fingerprint density at radius 1 is 0.650 bits per heavy atom. The fourth-order valence-corrected chi connectivity index (χ4v) is 5.68. The van der Waals surface area contributed by atoms with E-state index >= 15 is 0 Å². The molecule has 0 saturated carbocycles. The van der Waals surface area contributed by atoms with E-state index in [0.717, 1.165) is 14.2 Å². The zero-order valence-corrected chi connectivity index (χ0v) is 13.8. The molecule has 0 radical (unpaired) electrons. The fraction of sp³-hybridized carbons (Fsp3) is 1.00. The van der Waals surface area contributed by atoms with Crippen molar-refractivity contribution in [1.29, 1.82) is 0 Å². The fourth-order valence-electron chi connectivity index (χ4n) is 0.621. The third-order valence-electron chi connectivity index (χ3n) is 1.28. The highest BCUT2D eigenvalue weighted by molar-refractivity contribution is 7.70. The van der Waals surface area contributed by atoms with Crippen LogP contribution in [0.15, 0.2) is 0 Å². The van der Waals surface area contributed by atoms with Gasteiger partial charge in [0.05, 0.1) is 0 Å². The standard InChI is InChI=1S/C3H12O13P4/c1-11-19(9,12-2)16-20(10,13-3)15-18(7,8)14-17(4,5)6/h1-3H3,(H,7,8)(H2,4,5,6). The van der Waals surface area contributed by atoms with E-state index in [1.807, 2.05) is 0 Å².